The Balaban J connectivity index is 0.920. The van der Waals surface area contributed by atoms with Gasteiger partial charge in [0.2, 0.25) is 0 Å². The van der Waals surface area contributed by atoms with E-state index in [1.807, 2.05) is 0 Å². The molecule has 13 aromatic rings. The molecule has 0 saturated heterocycles. The van der Waals surface area contributed by atoms with Gasteiger partial charge in [-0.25, -0.2) is 0 Å². The molecule has 2 nitrogen and oxygen atoms in total. The minimum absolute atomic E-state index is 0.293. The molecule has 1 heterocycles. The molecular weight excluding hydrogens is 811 g/mol. The van der Waals surface area contributed by atoms with Gasteiger partial charge >= 0.3 is 0 Å². The van der Waals surface area contributed by atoms with Crippen LogP contribution in [0.4, 0.5) is 17.1 Å². The lowest BCUT2D eigenvalue weighted by molar-refractivity contribution is 0.657. The van der Waals surface area contributed by atoms with Crippen LogP contribution in [0.3, 0.4) is 0 Å². The first-order valence-corrected chi connectivity index (χ1v) is 23.3. The standard InChI is InChI=1S/C65H45NO/c1-41(2)61-40-56-14-7-8-15-59(56)63-60-16-9-17-62(64(60)67-65(61)63)66(58-33-30-54-38-53(26-27-55(54)39-58)49-21-19-43-11-4-6-13-46(43)35-49)57-31-28-44(29-32-57)47-22-23-51-37-52(25-24-50(51)36-47)48-20-18-42-10-3-5-12-45(42)34-48/h3-41H,1-2H3. The average molecular weight is 856 g/mol. The summed E-state index contributed by atoms with van der Waals surface area (Å²) in [5, 5.41) is 14.6. The van der Waals surface area contributed by atoms with Crippen LogP contribution in [-0.2, 0) is 0 Å². The second-order valence-corrected chi connectivity index (χ2v) is 18.3. The fourth-order valence-electron chi connectivity index (χ4n) is 10.4. The lowest BCUT2D eigenvalue weighted by atomic mass is 9.95. The Kier molecular flexibility index (Phi) is 9.08. The Morgan fingerprint density at radius 1 is 0.313 bits per heavy atom. The van der Waals surface area contributed by atoms with Gasteiger partial charge in [0.15, 0.2) is 5.58 Å². The van der Waals surface area contributed by atoms with Crippen LogP contribution in [0.25, 0.3) is 109 Å². The number of rotatable bonds is 7. The van der Waals surface area contributed by atoms with Gasteiger partial charge in [-0.3, -0.25) is 0 Å². The first kappa shape index (κ1) is 39.0. The molecule has 316 valence electrons. The normalized spacial score (nSPS) is 11.9. The molecule has 0 unspecified atom stereocenters. The number of benzene rings is 12. The zero-order valence-electron chi connectivity index (χ0n) is 37.4. The molecule has 0 radical (unpaired) electrons. The van der Waals surface area contributed by atoms with E-state index >= 15 is 0 Å². The van der Waals surface area contributed by atoms with Gasteiger partial charge in [-0.2, -0.15) is 0 Å². The van der Waals surface area contributed by atoms with Crippen LogP contribution in [0.1, 0.15) is 25.3 Å². The summed E-state index contributed by atoms with van der Waals surface area (Å²) in [6.45, 7) is 4.51. The minimum atomic E-state index is 0.293. The Morgan fingerprint density at radius 2 is 0.731 bits per heavy atom. The predicted molar refractivity (Wildman–Crippen MR) is 286 cm³/mol. The first-order chi connectivity index (χ1) is 33.0. The molecule has 0 fully saturated rings. The zero-order chi connectivity index (χ0) is 44.6. The summed E-state index contributed by atoms with van der Waals surface area (Å²) in [4.78, 5) is 2.37. The van der Waals surface area contributed by atoms with Crippen LogP contribution in [0, 0.1) is 0 Å². The van der Waals surface area contributed by atoms with Crippen molar-refractivity contribution in [3.8, 4) is 33.4 Å². The van der Waals surface area contributed by atoms with Crippen molar-refractivity contribution in [2.75, 3.05) is 4.90 Å². The van der Waals surface area contributed by atoms with Crippen molar-refractivity contribution in [2.24, 2.45) is 0 Å². The van der Waals surface area contributed by atoms with Gasteiger partial charge in [0.05, 0.1) is 5.69 Å². The maximum absolute atomic E-state index is 7.14. The molecule has 67 heavy (non-hydrogen) atoms. The van der Waals surface area contributed by atoms with E-state index in [1.54, 1.807) is 0 Å². The molecule has 0 aliphatic heterocycles. The summed E-state index contributed by atoms with van der Waals surface area (Å²) in [5.41, 5.74) is 13.4. The van der Waals surface area contributed by atoms with Crippen molar-refractivity contribution in [1.29, 1.82) is 0 Å². The van der Waals surface area contributed by atoms with Gasteiger partial charge in [0.25, 0.3) is 0 Å². The molecule has 12 aromatic carbocycles. The van der Waals surface area contributed by atoms with Gasteiger partial charge in [0, 0.05) is 22.1 Å². The average Bonchev–Trinajstić information content (AvgIpc) is 3.79. The first-order valence-electron chi connectivity index (χ1n) is 23.3. The van der Waals surface area contributed by atoms with E-state index in [1.165, 1.54) is 98.2 Å². The third kappa shape index (κ3) is 6.72. The topological polar surface area (TPSA) is 16.4 Å². The largest absolute Gasteiger partial charge is 0.454 e. The van der Waals surface area contributed by atoms with Gasteiger partial charge in [-0.05, 0) is 165 Å². The molecular formula is C65H45NO. The Morgan fingerprint density at radius 3 is 1.30 bits per heavy atom. The highest BCUT2D eigenvalue weighted by Crippen LogP contribution is 2.46. The van der Waals surface area contributed by atoms with Crippen LogP contribution < -0.4 is 4.90 Å². The minimum Gasteiger partial charge on any atom is -0.454 e. The molecule has 0 aliphatic rings. The van der Waals surface area contributed by atoms with Crippen LogP contribution in [0.2, 0.25) is 0 Å². The monoisotopic (exact) mass is 855 g/mol. The molecule has 0 N–H and O–H groups in total. The number of hydrogen-bond acceptors (Lipinski definition) is 2. The Hall–Kier alpha value is -8.46. The number of fused-ring (bicyclic) bond motifs is 9. The molecule has 0 bridgehead atoms. The van der Waals surface area contributed by atoms with Gasteiger partial charge < -0.3 is 9.32 Å². The van der Waals surface area contributed by atoms with Crippen LogP contribution in [0.15, 0.2) is 235 Å². The SMILES string of the molecule is CC(C)c1cc2ccccc2c2c1oc1c(N(c3ccc(-c4ccc5cc(-c6ccc7ccccc7c6)ccc5c4)cc3)c3ccc4cc(-c5ccc6ccccc6c5)ccc4c3)cccc12. The summed E-state index contributed by atoms with van der Waals surface area (Å²) in [5.74, 6) is 0.293. The van der Waals surface area contributed by atoms with E-state index in [2.05, 4.69) is 249 Å². The highest BCUT2D eigenvalue weighted by atomic mass is 16.3. The smallest absolute Gasteiger partial charge is 0.159 e. The number of hydrogen-bond donors (Lipinski definition) is 0. The molecule has 0 amide bonds. The third-order valence-corrected chi connectivity index (χ3v) is 13.9. The van der Waals surface area contributed by atoms with Crippen molar-refractivity contribution < 1.29 is 4.42 Å². The highest BCUT2D eigenvalue weighted by molar-refractivity contribution is 6.22. The van der Waals surface area contributed by atoms with Crippen molar-refractivity contribution in [1.82, 2.24) is 0 Å². The molecule has 2 heteroatoms. The van der Waals surface area contributed by atoms with Crippen molar-refractivity contribution in [3.05, 3.63) is 236 Å². The quantitative estimate of drug-likeness (QED) is 0.159. The van der Waals surface area contributed by atoms with Crippen molar-refractivity contribution in [3.63, 3.8) is 0 Å². The fraction of sp³-hybridized carbons (Fsp3) is 0.0462. The van der Waals surface area contributed by atoms with Gasteiger partial charge in [-0.15, -0.1) is 0 Å². The van der Waals surface area contributed by atoms with Crippen molar-refractivity contribution >= 4 is 92.9 Å². The van der Waals surface area contributed by atoms with E-state index in [4.69, 9.17) is 4.42 Å². The van der Waals surface area contributed by atoms with E-state index in [9.17, 15) is 0 Å². The van der Waals surface area contributed by atoms with E-state index in [0.717, 1.165) is 33.6 Å². The number of nitrogens with zero attached hydrogens (tertiary/aromatic N) is 1. The summed E-state index contributed by atoms with van der Waals surface area (Å²) in [6.07, 6.45) is 0. The third-order valence-electron chi connectivity index (χ3n) is 13.9. The summed E-state index contributed by atoms with van der Waals surface area (Å²) >= 11 is 0. The number of furan rings is 1. The van der Waals surface area contributed by atoms with Gasteiger partial charge in [-0.1, -0.05) is 178 Å². The van der Waals surface area contributed by atoms with Crippen molar-refractivity contribution in [2.45, 2.75) is 19.8 Å². The summed E-state index contributed by atoms with van der Waals surface area (Å²) in [7, 11) is 0. The lowest BCUT2D eigenvalue weighted by Crippen LogP contribution is -2.10. The fourth-order valence-corrected chi connectivity index (χ4v) is 10.4. The van der Waals surface area contributed by atoms with Gasteiger partial charge in [0.1, 0.15) is 5.58 Å². The molecule has 1 aromatic heterocycles. The maximum Gasteiger partial charge on any atom is 0.159 e. The molecule has 13 rings (SSSR count). The molecule has 0 saturated carbocycles. The van der Waals surface area contributed by atoms with Crippen LogP contribution in [0.5, 0.6) is 0 Å². The highest BCUT2D eigenvalue weighted by Gasteiger charge is 2.23. The van der Waals surface area contributed by atoms with Crippen LogP contribution in [-0.4, -0.2) is 0 Å². The summed E-state index contributed by atoms with van der Waals surface area (Å²) in [6, 6.07) is 84.5. The van der Waals surface area contributed by atoms with E-state index in [-0.39, 0.29) is 0 Å². The molecule has 0 atom stereocenters. The number of anilines is 3. The molecule has 0 spiro atoms. The summed E-state index contributed by atoms with van der Waals surface area (Å²) < 4.78 is 7.14. The van der Waals surface area contributed by atoms with Crippen LogP contribution >= 0.6 is 0 Å². The second kappa shape index (κ2) is 15.6. The Labute approximate surface area is 389 Å². The number of para-hydroxylation sites is 1. The maximum atomic E-state index is 7.14. The van der Waals surface area contributed by atoms with E-state index in [0.29, 0.717) is 5.92 Å². The van der Waals surface area contributed by atoms with E-state index < -0.39 is 0 Å². The molecule has 0 aliphatic carbocycles. The zero-order valence-corrected chi connectivity index (χ0v) is 37.4. The lowest BCUT2D eigenvalue weighted by Gasteiger charge is -2.26. The second-order valence-electron chi connectivity index (χ2n) is 18.3. The predicted octanol–water partition coefficient (Wildman–Crippen LogP) is 18.9. The Bertz CT molecular complexity index is 4080.